The first-order valence-corrected chi connectivity index (χ1v) is 6.21. The van der Waals surface area contributed by atoms with Crippen LogP contribution < -0.4 is 11.1 Å². The van der Waals surface area contributed by atoms with Gasteiger partial charge in [0.05, 0.1) is 10.7 Å². The van der Waals surface area contributed by atoms with Crippen LogP contribution in [0.1, 0.15) is 13.0 Å². The van der Waals surface area contributed by atoms with Gasteiger partial charge in [0.15, 0.2) is 0 Å². The quantitative estimate of drug-likeness (QED) is 0.855. The largest absolute Gasteiger partial charge is 0.399 e. The number of nitrogen functional groups attached to an aromatic ring is 1. The van der Waals surface area contributed by atoms with Crippen molar-refractivity contribution in [3.8, 4) is 0 Å². The molecule has 1 heterocycles. The van der Waals surface area contributed by atoms with Gasteiger partial charge in [0.1, 0.15) is 6.04 Å². The Morgan fingerprint density at radius 1 is 1.56 bits per heavy atom. The van der Waals surface area contributed by atoms with Gasteiger partial charge in [0, 0.05) is 17.6 Å². The standard InChI is InChI=1S/C12H13BrN4O/c1-8(17-7-9(13)6-15-17)12(18)16-11-4-2-3-10(14)5-11/h2-8H,14H2,1H3,(H,16,18). The van der Waals surface area contributed by atoms with Gasteiger partial charge in [-0.25, -0.2) is 0 Å². The number of nitrogens with two attached hydrogens (primary N) is 1. The van der Waals surface area contributed by atoms with E-state index in [1.54, 1.807) is 48.3 Å². The first-order valence-electron chi connectivity index (χ1n) is 5.42. The fraction of sp³-hybridized carbons (Fsp3) is 0.167. The van der Waals surface area contributed by atoms with Crippen LogP contribution in [0.5, 0.6) is 0 Å². The monoisotopic (exact) mass is 308 g/mol. The van der Waals surface area contributed by atoms with E-state index in [9.17, 15) is 4.79 Å². The minimum Gasteiger partial charge on any atom is -0.399 e. The predicted octanol–water partition coefficient (Wildman–Crippen LogP) is 2.43. The summed E-state index contributed by atoms with van der Waals surface area (Å²) >= 11 is 3.29. The van der Waals surface area contributed by atoms with Crippen LogP contribution in [0.3, 0.4) is 0 Å². The Labute approximate surface area is 113 Å². The average Bonchev–Trinajstić information content (AvgIpc) is 2.75. The maximum atomic E-state index is 12.0. The zero-order valence-corrected chi connectivity index (χ0v) is 11.4. The summed E-state index contributed by atoms with van der Waals surface area (Å²) in [7, 11) is 0. The van der Waals surface area contributed by atoms with Crippen LogP contribution in [0.15, 0.2) is 41.1 Å². The molecule has 1 atom stereocenters. The van der Waals surface area contributed by atoms with E-state index in [4.69, 9.17) is 5.73 Å². The molecule has 0 aliphatic carbocycles. The molecule has 0 fully saturated rings. The van der Waals surface area contributed by atoms with E-state index in [0.717, 1.165) is 4.47 Å². The smallest absolute Gasteiger partial charge is 0.248 e. The summed E-state index contributed by atoms with van der Waals surface area (Å²) in [4.78, 5) is 12.0. The SMILES string of the molecule is CC(C(=O)Nc1cccc(N)c1)n1cc(Br)cn1. The van der Waals surface area contributed by atoms with Crippen molar-refractivity contribution in [1.29, 1.82) is 0 Å². The van der Waals surface area contributed by atoms with Gasteiger partial charge in [0.25, 0.3) is 0 Å². The lowest BCUT2D eigenvalue weighted by Crippen LogP contribution is -2.24. The lowest BCUT2D eigenvalue weighted by molar-refractivity contribution is -0.119. The molecule has 1 aromatic heterocycles. The van der Waals surface area contributed by atoms with Crippen molar-refractivity contribution in [1.82, 2.24) is 9.78 Å². The molecule has 6 heteroatoms. The first kappa shape index (κ1) is 12.6. The number of benzene rings is 1. The van der Waals surface area contributed by atoms with Gasteiger partial charge < -0.3 is 11.1 Å². The minimum absolute atomic E-state index is 0.142. The van der Waals surface area contributed by atoms with E-state index >= 15 is 0 Å². The zero-order valence-electron chi connectivity index (χ0n) is 9.80. The molecule has 2 rings (SSSR count). The van der Waals surface area contributed by atoms with E-state index < -0.39 is 6.04 Å². The molecule has 3 N–H and O–H groups in total. The summed E-state index contributed by atoms with van der Waals surface area (Å²) in [5, 5.41) is 6.88. The van der Waals surface area contributed by atoms with Gasteiger partial charge >= 0.3 is 0 Å². The number of carbonyl (C=O) groups excluding carboxylic acids is 1. The molecular formula is C12H13BrN4O. The average molecular weight is 309 g/mol. The third-order valence-electron chi connectivity index (χ3n) is 2.50. The normalized spacial score (nSPS) is 12.1. The Morgan fingerprint density at radius 2 is 2.33 bits per heavy atom. The van der Waals surface area contributed by atoms with Crippen molar-refractivity contribution >= 4 is 33.2 Å². The number of nitrogens with zero attached hydrogens (tertiary/aromatic N) is 2. The van der Waals surface area contributed by atoms with Gasteiger partial charge in [-0.05, 0) is 41.1 Å². The van der Waals surface area contributed by atoms with Gasteiger partial charge in [-0.3, -0.25) is 9.48 Å². The molecule has 0 bridgehead atoms. The van der Waals surface area contributed by atoms with Crippen molar-refractivity contribution in [2.75, 3.05) is 11.1 Å². The van der Waals surface area contributed by atoms with Gasteiger partial charge in [-0.15, -0.1) is 0 Å². The molecule has 0 saturated carbocycles. The molecule has 1 unspecified atom stereocenters. The third kappa shape index (κ3) is 2.89. The van der Waals surface area contributed by atoms with E-state index in [1.807, 2.05) is 0 Å². The second-order valence-corrected chi connectivity index (χ2v) is 4.84. The Balaban J connectivity index is 2.08. The maximum absolute atomic E-state index is 12.0. The zero-order chi connectivity index (χ0) is 13.1. The number of aromatic nitrogens is 2. The minimum atomic E-state index is -0.391. The fourth-order valence-electron chi connectivity index (χ4n) is 1.51. The van der Waals surface area contributed by atoms with Crippen molar-refractivity contribution in [2.45, 2.75) is 13.0 Å². The third-order valence-corrected chi connectivity index (χ3v) is 2.91. The molecule has 94 valence electrons. The number of carbonyl (C=O) groups is 1. The number of rotatable bonds is 3. The van der Waals surface area contributed by atoms with E-state index in [0.29, 0.717) is 11.4 Å². The van der Waals surface area contributed by atoms with Crippen LogP contribution in [0.4, 0.5) is 11.4 Å². The number of halogens is 1. The van der Waals surface area contributed by atoms with Crippen LogP contribution in [0.25, 0.3) is 0 Å². The van der Waals surface area contributed by atoms with Crippen LogP contribution in [-0.2, 0) is 4.79 Å². The number of hydrogen-bond acceptors (Lipinski definition) is 3. The summed E-state index contributed by atoms with van der Waals surface area (Å²) in [5.41, 5.74) is 6.94. The lowest BCUT2D eigenvalue weighted by Gasteiger charge is -2.12. The number of amides is 1. The van der Waals surface area contributed by atoms with Gasteiger partial charge in [-0.2, -0.15) is 5.10 Å². The Bertz CT molecular complexity index is 567. The van der Waals surface area contributed by atoms with Crippen LogP contribution in [0.2, 0.25) is 0 Å². The maximum Gasteiger partial charge on any atom is 0.248 e. The highest BCUT2D eigenvalue weighted by molar-refractivity contribution is 9.10. The summed E-state index contributed by atoms with van der Waals surface area (Å²) in [6.07, 6.45) is 3.40. The highest BCUT2D eigenvalue weighted by Gasteiger charge is 2.15. The van der Waals surface area contributed by atoms with Crippen molar-refractivity contribution in [2.24, 2.45) is 0 Å². The highest BCUT2D eigenvalue weighted by Crippen LogP contribution is 2.16. The molecular weight excluding hydrogens is 296 g/mol. The van der Waals surface area contributed by atoms with E-state index in [-0.39, 0.29) is 5.91 Å². The fourth-order valence-corrected chi connectivity index (χ4v) is 1.81. The second-order valence-electron chi connectivity index (χ2n) is 3.93. The molecule has 0 spiro atoms. The van der Waals surface area contributed by atoms with Crippen LogP contribution in [-0.4, -0.2) is 15.7 Å². The highest BCUT2D eigenvalue weighted by atomic mass is 79.9. The molecule has 1 amide bonds. The Kier molecular flexibility index (Phi) is 3.66. The number of nitrogens with one attached hydrogen (secondary N) is 1. The summed E-state index contributed by atoms with van der Waals surface area (Å²) in [6, 6.07) is 6.67. The number of hydrogen-bond donors (Lipinski definition) is 2. The predicted molar refractivity (Wildman–Crippen MR) is 74.1 cm³/mol. The molecule has 0 radical (unpaired) electrons. The molecule has 0 aliphatic heterocycles. The Morgan fingerprint density at radius 3 is 2.94 bits per heavy atom. The topological polar surface area (TPSA) is 72.9 Å². The van der Waals surface area contributed by atoms with Crippen LogP contribution >= 0.6 is 15.9 Å². The van der Waals surface area contributed by atoms with E-state index in [2.05, 4.69) is 26.3 Å². The summed E-state index contributed by atoms with van der Waals surface area (Å²) in [5.74, 6) is -0.142. The van der Waals surface area contributed by atoms with Gasteiger partial charge in [0.2, 0.25) is 5.91 Å². The lowest BCUT2D eigenvalue weighted by atomic mass is 10.2. The summed E-state index contributed by atoms with van der Waals surface area (Å²) < 4.78 is 2.43. The van der Waals surface area contributed by atoms with Crippen molar-refractivity contribution in [3.05, 3.63) is 41.1 Å². The van der Waals surface area contributed by atoms with Crippen LogP contribution in [0, 0.1) is 0 Å². The molecule has 2 aromatic rings. The summed E-state index contributed by atoms with van der Waals surface area (Å²) in [6.45, 7) is 1.78. The number of anilines is 2. The van der Waals surface area contributed by atoms with E-state index in [1.165, 1.54) is 0 Å². The Hall–Kier alpha value is -1.82. The molecule has 18 heavy (non-hydrogen) atoms. The van der Waals surface area contributed by atoms with Crippen molar-refractivity contribution in [3.63, 3.8) is 0 Å². The molecule has 0 aliphatic rings. The second kappa shape index (κ2) is 5.22. The van der Waals surface area contributed by atoms with Crippen molar-refractivity contribution < 1.29 is 4.79 Å². The molecule has 0 saturated heterocycles. The first-order chi connectivity index (χ1) is 8.56. The molecule has 5 nitrogen and oxygen atoms in total. The molecule has 1 aromatic carbocycles. The van der Waals surface area contributed by atoms with Gasteiger partial charge in [-0.1, -0.05) is 6.07 Å².